The van der Waals surface area contributed by atoms with Crippen molar-refractivity contribution in [1.29, 1.82) is 0 Å². The summed E-state index contributed by atoms with van der Waals surface area (Å²) in [6.45, 7) is 5.49. The number of thioether (sulfide) groups is 1. The molecule has 0 spiro atoms. The topological polar surface area (TPSA) is 23.6 Å². The van der Waals surface area contributed by atoms with Crippen LogP contribution in [0.1, 0.15) is 19.8 Å². The van der Waals surface area contributed by atoms with Gasteiger partial charge in [0.2, 0.25) is 5.91 Å². The summed E-state index contributed by atoms with van der Waals surface area (Å²) in [5.74, 6) is 2.68. The predicted molar refractivity (Wildman–Crippen MR) is 73.8 cm³/mol. The third-order valence-corrected chi connectivity index (χ3v) is 4.91. The molecule has 98 valence electrons. The van der Waals surface area contributed by atoms with E-state index in [1.165, 1.54) is 24.3 Å². The number of carbonyl (C=O) groups is 1. The van der Waals surface area contributed by atoms with Crippen LogP contribution in [0.4, 0.5) is 0 Å². The largest absolute Gasteiger partial charge is 0.339 e. The number of rotatable bonds is 2. The van der Waals surface area contributed by atoms with Crippen molar-refractivity contribution in [2.75, 3.05) is 37.7 Å². The first-order valence-corrected chi connectivity index (χ1v) is 8.02. The summed E-state index contributed by atoms with van der Waals surface area (Å²) < 4.78 is 0. The highest BCUT2D eigenvalue weighted by molar-refractivity contribution is 7.99. The lowest BCUT2D eigenvalue weighted by Gasteiger charge is -2.40. The lowest BCUT2D eigenvalue weighted by Crippen LogP contribution is -2.53. The van der Waals surface area contributed by atoms with Gasteiger partial charge in [0.25, 0.3) is 0 Å². The highest BCUT2D eigenvalue weighted by Gasteiger charge is 2.28. The number of halogens is 1. The van der Waals surface area contributed by atoms with Gasteiger partial charge in [-0.05, 0) is 31.3 Å². The molecule has 0 bridgehead atoms. The fraction of sp³-hybridized carbons (Fsp3) is 0.917. The Hall–Kier alpha value is 0.0700. The molecule has 0 saturated carbocycles. The van der Waals surface area contributed by atoms with Gasteiger partial charge in [-0.25, -0.2) is 0 Å². The van der Waals surface area contributed by atoms with Crippen LogP contribution in [0.5, 0.6) is 0 Å². The van der Waals surface area contributed by atoms with Gasteiger partial charge < -0.3 is 4.90 Å². The molecule has 3 nitrogen and oxygen atoms in total. The third-order valence-electron chi connectivity index (χ3n) is 3.67. The smallest absolute Gasteiger partial charge is 0.240 e. The summed E-state index contributed by atoms with van der Waals surface area (Å²) in [6.07, 6.45) is 2.62. The maximum absolute atomic E-state index is 11.8. The highest BCUT2D eigenvalue weighted by atomic mass is 35.5. The van der Waals surface area contributed by atoms with Crippen LogP contribution in [0.3, 0.4) is 0 Å². The number of alkyl halides is 1. The van der Waals surface area contributed by atoms with Crippen LogP contribution in [-0.4, -0.2) is 64.8 Å². The monoisotopic (exact) mass is 276 g/mol. The second kappa shape index (κ2) is 6.30. The Morgan fingerprint density at radius 1 is 1.24 bits per heavy atom. The fourth-order valence-electron chi connectivity index (χ4n) is 2.61. The van der Waals surface area contributed by atoms with E-state index in [0.717, 1.165) is 32.2 Å². The molecule has 1 atom stereocenters. The molecule has 2 fully saturated rings. The van der Waals surface area contributed by atoms with E-state index in [9.17, 15) is 4.79 Å². The second-order valence-electron chi connectivity index (χ2n) is 4.82. The maximum atomic E-state index is 11.8. The number of piperazine rings is 1. The molecule has 2 aliphatic rings. The quantitative estimate of drug-likeness (QED) is 0.717. The molecule has 5 heteroatoms. The molecule has 17 heavy (non-hydrogen) atoms. The predicted octanol–water partition coefficient (Wildman–Crippen LogP) is 1.65. The lowest BCUT2D eigenvalue weighted by atomic mass is 10.1. The number of hydrogen-bond acceptors (Lipinski definition) is 3. The zero-order valence-corrected chi connectivity index (χ0v) is 12.0. The number of hydrogen-bond donors (Lipinski definition) is 0. The Bertz CT molecular complexity index is 261. The molecule has 1 amide bonds. The summed E-state index contributed by atoms with van der Waals surface area (Å²) in [7, 11) is 0. The summed E-state index contributed by atoms with van der Waals surface area (Å²) in [5.41, 5.74) is 0. The number of carbonyl (C=O) groups excluding carboxylic acids is 1. The molecule has 0 aromatic heterocycles. The van der Waals surface area contributed by atoms with Gasteiger partial charge in [0.05, 0.1) is 0 Å². The van der Waals surface area contributed by atoms with E-state index in [-0.39, 0.29) is 11.3 Å². The minimum atomic E-state index is -0.382. The van der Waals surface area contributed by atoms with E-state index in [1.54, 1.807) is 6.92 Å². The molecule has 2 aliphatic heterocycles. The van der Waals surface area contributed by atoms with Gasteiger partial charge in [-0.1, -0.05) is 0 Å². The summed E-state index contributed by atoms with van der Waals surface area (Å²) in [4.78, 5) is 16.2. The Morgan fingerprint density at radius 2 is 1.82 bits per heavy atom. The van der Waals surface area contributed by atoms with Gasteiger partial charge in [0.15, 0.2) is 0 Å². The van der Waals surface area contributed by atoms with Gasteiger partial charge in [-0.2, -0.15) is 11.8 Å². The number of nitrogens with zero attached hydrogens (tertiary/aromatic N) is 2. The lowest BCUT2D eigenvalue weighted by molar-refractivity contribution is -0.132. The molecule has 0 N–H and O–H groups in total. The fourth-order valence-corrected chi connectivity index (χ4v) is 3.83. The minimum absolute atomic E-state index is 0.0884. The van der Waals surface area contributed by atoms with E-state index in [0.29, 0.717) is 0 Å². The molecule has 0 aromatic rings. The van der Waals surface area contributed by atoms with Crippen molar-refractivity contribution in [2.45, 2.75) is 31.2 Å². The zero-order chi connectivity index (χ0) is 12.3. The van der Waals surface area contributed by atoms with E-state index in [2.05, 4.69) is 16.7 Å². The molecule has 0 unspecified atom stereocenters. The van der Waals surface area contributed by atoms with Crippen LogP contribution in [0.25, 0.3) is 0 Å². The van der Waals surface area contributed by atoms with E-state index >= 15 is 0 Å². The minimum Gasteiger partial charge on any atom is -0.339 e. The van der Waals surface area contributed by atoms with Gasteiger partial charge >= 0.3 is 0 Å². The first-order valence-electron chi connectivity index (χ1n) is 6.43. The Labute approximate surface area is 113 Å². The molecule has 2 rings (SSSR count). The van der Waals surface area contributed by atoms with Crippen LogP contribution in [0, 0.1) is 0 Å². The van der Waals surface area contributed by atoms with Crippen LogP contribution >= 0.6 is 23.4 Å². The molecular weight excluding hydrogens is 256 g/mol. The molecular formula is C12H21ClN2OS. The molecule has 2 heterocycles. The summed E-state index contributed by atoms with van der Waals surface area (Å²) in [5, 5.41) is -0.382. The van der Waals surface area contributed by atoms with Crippen LogP contribution in [0.2, 0.25) is 0 Å². The first-order chi connectivity index (χ1) is 8.18. The van der Waals surface area contributed by atoms with Crippen molar-refractivity contribution in [3.63, 3.8) is 0 Å². The van der Waals surface area contributed by atoms with Gasteiger partial charge in [0, 0.05) is 32.2 Å². The summed E-state index contributed by atoms with van der Waals surface area (Å²) >= 11 is 7.90. The van der Waals surface area contributed by atoms with E-state index in [4.69, 9.17) is 11.6 Å². The first kappa shape index (κ1) is 13.5. The van der Waals surface area contributed by atoms with Gasteiger partial charge in [0.1, 0.15) is 5.38 Å². The molecule has 0 radical (unpaired) electrons. The third kappa shape index (κ3) is 3.52. The Balaban J connectivity index is 1.79. The van der Waals surface area contributed by atoms with Crippen molar-refractivity contribution >= 4 is 29.3 Å². The molecule has 0 aromatic carbocycles. The zero-order valence-electron chi connectivity index (χ0n) is 10.4. The SMILES string of the molecule is C[C@H](Cl)C(=O)N1CCN(C2CCSCC2)CC1. The van der Waals surface area contributed by atoms with Crippen LogP contribution < -0.4 is 0 Å². The molecule has 0 aliphatic carbocycles. The average molecular weight is 277 g/mol. The van der Waals surface area contributed by atoms with Gasteiger partial charge in [-0.15, -0.1) is 11.6 Å². The second-order valence-corrected chi connectivity index (χ2v) is 6.70. The Morgan fingerprint density at radius 3 is 2.35 bits per heavy atom. The highest BCUT2D eigenvalue weighted by Crippen LogP contribution is 2.22. The summed E-state index contributed by atoms with van der Waals surface area (Å²) in [6, 6.07) is 0.752. The van der Waals surface area contributed by atoms with Crippen molar-refractivity contribution in [3.8, 4) is 0 Å². The van der Waals surface area contributed by atoms with Crippen molar-refractivity contribution in [3.05, 3.63) is 0 Å². The van der Waals surface area contributed by atoms with Crippen molar-refractivity contribution in [2.24, 2.45) is 0 Å². The normalized spacial score (nSPS) is 25.9. The maximum Gasteiger partial charge on any atom is 0.240 e. The van der Waals surface area contributed by atoms with Crippen LogP contribution in [-0.2, 0) is 4.79 Å². The van der Waals surface area contributed by atoms with E-state index < -0.39 is 0 Å². The van der Waals surface area contributed by atoms with Crippen LogP contribution in [0.15, 0.2) is 0 Å². The van der Waals surface area contributed by atoms with Crippen molar-refractivity contribution < 1.29 is 4.79 Å². The van der Waals surface area contributed by atoms with E-state index in [1.807, 2.05) is 4.90 Å². The standard InChI is InChI=1S/C12H21ClN2OS/c1-10(13)12(16)15-6-4-14(5-7-15)11-2-8-17-9-3-11/h10-11H,2-9H2,1H3/t10-/m0/s1. The average Bonchev–Trinajstić information content (AvgIpc) is 2.39. The number of amides is 1. The molecule has 2 saturated heterocycles. The Kier molecular flexibility index (Phi) is 5.00. The van der Waals surface area contributed by atoms with Crippen molar-refractivity contribution in [1.82, 2.24) is 9.80 Å². The van der Waals surface area contributed by atoms with Gasteiger partial charge in [-0.3, -0.25) is 9.69 Å².